The first kappa shape index (κ1) is 16.9. The quantitative estimate of drug-likeness (QED) is 0.741. The van der Waals surface area contributed by atoms with E-state index in [-0.39, 0.29) is 0 Å². The molecule has 2 aromatic heterocycles. The molecule has 0 aliphatic carbocycles. The number of aliphatic hydroxyl groups is 1. The molecule has 136 valence electrons. The first-order valence-corrected chi connectivity index (χ1v) is 8.77. The molecule has 0 spiro atoms. The lowest BCUT2D eigenvalue weighted by molar-refractivity contribution is -0.0363. The number of hydrogen-bond donors (Lipinski definition) is 1. The van der Waals surface area contributed by atoms with Gasteiger partial charge in [-0.15, -0.1) is 20.4 Å². The van der Waals surface area contributed by atoms with E-state index in [0.717, 1.165) is 30.8 Å². The summed E-state index contributed by atoms with van der Waals surface area (Å²) < 4.78 is 7.64. The van der Waals surface area contributed by atoms with E-state index in [1.807, 2.05) is 41.9 Å². The Morgan fingerprint density at radius 1 is 1.19 bits per heavy atom. The van der Waals surface area contributed by atoms with Gasteiger partial charge in [-0.1, -0.05) is 18.2 Å². The molecule has 0 saturated carbocycles. The molecule has 8 nitrogen and oxygen atoms in total. The average Bonchev–Trinajstić information content (AvgIpc) is 3.25. The van der Waals surface area contributed by atoms with Gasteiger partial charge < -0.3 is 14.1 Å². The zero-order valence-electron chi connectivity index (χ0n) is 14.7. The van der Waals surface area contributed by atoms with Crippen molar-refractivity contribution >= 4 is 0 Å². The largest absolute Gasteiger partial charge is 0.419 e. The Bertz CT molecular complexity index is 861. The third-order valence-electron chi connectivity index (χ3n) is 4.77. The molecule has 26 heavy (non-hydrogen) atoms. The number of benzene rings is 1. The zero-order chi connectivity index (χ0) is 18.0. The molecule has 1 fully saturated rings. The predicted molar refractivity (Wildman–Crippen MR) is 93.9 cm³/mol. The molecular weight excluding hydrogens is 332 g/mol. The second kappa shape index (κ2) is 6.97. The summed E-state index contributed by atoms with van der Waals surface area (Å²) in [5.74, 6) is 1.87. The van der Waals surface area contributed by atoms with Gasteiger partial charge in [-0.25, -0.2) is 0 Å². The maximum atomic E-state index is 11.0. The number of piperidine rings is 1. The van der Waals surface area contributed by atoms with Gasteiger partial charge in [-0.05, 0) is 31.5 Å². The minimum Gasteiger partial charge on any atom is -0.419 e. The Hall–Kier alpha value is -2.58. The Morgan fingerprint density at radius 2 is 2.04 bits per heavy atom. The topological polar surface area (TPSA) is 93.1 Å². The minimum absolute atomic E-state index is 0.485. The summed E-state index contributed by atoms with van der Waals surface area (Å²) in [6, 6.07) is 9.72. The minimum atomic E-state index is -0.818. The number of aryl methyl sites for hydroxylation is 1. The summed E-state index contributed by atoms with van der Waals surface area (Å²) in [5.41, 5.74) is 0.0881. The van der Waals surface area contributed by atoms with Crippen molar-refractivity contribution in [2.24, 2.45) is 7.05 Å². The van der Waals surface area contributed by atoms with Crippen molar-refractivity contribution in [2.75, 3.05) is 13.1 Å². The third kappa shape index (κ3) is 3.66. The Morgan fingerprint density at radius 3 is 2.81 bits per heavy atom. The summed E-state index contributed by atoms with van der Waals surface area (Å²) in [7, 11) is 1.89. The van der Waals surface area contributed by atoms with Crippen molar-refractivity contribution in [3.63, 3.8) is 0 Å². The number of aromatic nitrogens is 5. The molecule has 1 unspecified atom stereocenters. The van der Waals surface area contributed by atoms with Gasteiger partial charge in [0.25, 0.3) is 0 Å². The van der Waals surface area contributed by atoms with Crippen LogP contribution in [0.5, 0.6) is 0 Å². The van der Waals surface area contributed by atoms with Crippen LogP contribution < -0.4 is 0 Å². The first-order chi connectivity index (χ1) is 12.6. The second-order valence-electron chi connectivity index (χ2n) is 6.94. The maximum absolute atomic E-state index is 11.0. The molecule has 1 saturated heterocycles. The van der Waals surface area contributed by atoms with Crippen molar-refractivity contribution in [3.05, 3.63) is 48.4 Å². The van der Waals surface area contributed by atoms with Crippen LogP contribution in [0.15, 0.2) is 41.1 Å². The Balaban J connectivity index is 1.42. The van der Waals surface area contributed by atoms with Crippen molar-refractivity contribution < 1.29 is 9.52 Å². The molecule has 0 bridgehead atoms. The number of nitrogens with zero attached hydrogens (tertiary/aromatic N) is 6. The van der Waals surface area contributed by atoms with Crippen LogP contribution in [0.1, 0.15) is 24.6 Å². The van der Waals surface area contributed by atoms with Gasteiger partial charge in [0.05, 0.1) is 12.1 Å². The molecule has 8 heteroatoms. The maximum Gasteiger partial charge on any atom is 0.247 e. The SMILES string of the molecule is Cn1cnnc1CC1(O)CCCN(Cc2nnc(-c3ccccc3)o2)C1. The van der Waals surface area contributed by atoms with E-state index in [2.05, 4.69) is 25.3 Å². The summed E-state index contributed by atoms with van der Waals surface area (Å²) in [6.45, 7) is 1.97. The van der Waals surface area contributed by atoms with E-state index in [1.165, 1.54) is 0 Å². The van der Waals surface area contributed by atoms with Gasteiger partial charge in [0.1, 0.15) is 12.2 Å². The van der Waals surface area contributed by atoms with Crippen LogP contribution in [0.2, 0.25) is 0 Å². The van der Waals surface area contributed by atoms with Crippen molar-refractivity contribution in [2.45, 2.75) is 31.4 Å². The number of hydrogen-bond acceptors (Lipinski definition) is 7. The monoisotopic (exact) mass is 354 g/mol. The summed E-state index contributed by atoms with van der Waals surface area (Å²) in [5, 5.41) is 27.3. The van der Waals surface area contributed by atoms with Crippen LogP contribution in [0.3, 0.4) is 0 Å². The van der Waals surface area contributed by atoms with Crippen molar-refractivity contribution in [1.82, 2.24) is 29.9 Å². The molecule has 3 aromatic rings. The highest BCUT2D eigenvalue weighted by atomic mass is 16.4. The van der Waals surface area contributed by atoms with Crippen LogP contribution in [-0.4, -0.2) is 53.7 Å². The highest BCUT2D eigenvalue weighted by molar-refractivity contribution is 5.51. The van der Waals surface area contributed by atoms with Gasteiger partial charge in [0, 0.05) is 25.6 Å². The lowest BCUT2D eigenvalue weighted by Gasteiger charge is -2.38. The smallest absolute Gasteiger partial charge is 0.247 e. The lowest BCUT2D eigenvalue weighted by Crippen LogP contribution is -2.49. The van der Waals surface area contributed by atoms with E-state index in [9.17, 15) is 5.11 Å². The predicted octanol–water partition coefficient (Wildman–Crippen LogP) is 1.43. The molecule has 1 aromatic carbocycles. The molecular formula is C18H22N6O2. The van der Waals surface area contributed by atoms with Crippen molar-refractivity contribution in [1.29, 1.82) is 0 Å². The molecule has 3 heterocycles. The van der Waals surface area contributed by atoms with Gasteiger partial charge in [0.15, 0.2) is 0 Å². The zero-order valence-corrected chi connectivity index (χ0v) is 14.7. The number of β-amino-alcohol motifs (C(OH)–C–C–N with tert-alkyl or cyclic N) is 1. The number of rotatable bonds is 5. The van der Waals surface area contributed by atoms with E-state index < -0.39 is 5.60 Å². The van der Waals surface area contributed by atoms with Crippen LogP contribution in [0.25, 0.3) is 11.5 Å². The fourth-order valence-electron chi connectivity index (χ4n) is 3.45. The molecule has 1 aliphatic rings. The summed E-state index contributed by atoms with van der Waals surface area (Å²) in [4.78, 5) is 2.15. The molecule has 1 N–H and O–H groups in total. The lowest BCUT2D eigenvalue weighted by atomic mass is 9.89. The van der Waals surface area contributed by atoms with E-state index >= 15 is 0 Å². The molecule has 0 radical (unpaired) electrons. The summed E-state index contributed by atoms with van der Waals surface area (Å²) in [6.07, 6.45) is 3.80. The molecule has 1 aliphatic heterocycles. The molecule has 4 rings (SSSR count). The normalized spacial score (nSPS) is 21.2. The Labute approximate surface area is 151 Å². The highest BCUT2D eigenvalue weighted by Crippen LogP contribution is 2.26. The fraction of sp³-hybridized carbons (Fsp3) is 0.444. The van der Waals surface area contributed by atoms with Crippen LogP contribution in [0, 0.1) is 0 Å². The third-order valence-corrected chi connectivity index (χ3v) is 4.77. The van der Waals surface area contributed by atoms with E-state index in [4.69, 9.17) is 4.42 Å². The fourth-order valence-corrected chi connectivity index (χ4v) is 3.45. The van der Waals surface area contributed by atoms with Crippen LogP contribution in [0.4, 0.5) is 0 Å². The average molecular weight is 354 g/mol. The van der Waals surface area contributed by atoms with Gasteiger partial charge in [-0.2, -0.15) is 0 Å². The van der Waals surface area contributed by atoms with E-state index in [0.29, 0.717) is 31.3 Å². The molecule has 1 atom stereocenters. The Kier molecular flexibility index (Phi) is 4.52. The second-order valence-corrected chi connectivity index (χ2v) is 6.94. The standard InChI is InChI=1S/C18H22N6O2/c1-23-13-19-20-15(23)10-18(25)8-5-9-24(12-18)11-16-21-22-17(26-16)14-6-3-2-4-7-14/h2-4,6-7,13,25H,5,8-12H2,1H3. The highest BCUT2D eigenvalue weighted by Gasteiger charge is 2.35. The van der Waals surface area contributed by atoms with Crippen molar-refractivity contribution in [3.8, 4) is 11.5 Å². The molecule has 0 amide bonds. The van der Waals surface area contributed by atoms with Crippen LogP contribution in [-0.2, 0) is 20.0 Å². The summed E-state index contributed by atoms with van der Waals surface area (Å²) >= 11 is 0. The van der Waals surface area contributed by atoms with Gasteiger partial charge in [-0.3, -0.25) is 4.90 Å². The first-order valence-electron chi connectivity index (χ1n) is 8.77. The van der Waals surface area contributed by atoms with E-state index in [1.54, 1.807) is 6.33 Å². The van der Waals surface area contributed by atoms with Gasteiger partial charge >= 0.3 is 0 Å². The van der Waals surface area contributed by atoms with Gasteiger partial charge in [0.2, 0.25) is 11.8 Å². The van der Waals surface area contributed by atoms with Crippen LogP contribution >= 0.6 is 0 Å². The number of likely N-dealkylation sites (tertiary alicyclic amines) is 1.